The third kappa shape index (κ3) is 5.96. The molecule has 2 aromatic heterocycles. The molecule has 1 aromatic carbocycles. The number of anilines is 1. The van der Waals surface area contributed by atoms with Gasteiger partial charge in [-0.3, -0.25) is 14.5 Å². The van der Waals surface area contributed by atoms with Gasteiger partial charge in [0.15, 0.2) is 11.5 Å². The summed E-state index contributed by atoms with van der Waals surface area (Å²) in [5, 5.41) is 2.73. The van der Waals surface area contributed by atoms with Crippen LogP contribution < -0.4 is 16.9 Å². The van der Waals surface area contributed by atoms with Gasteiger partial charge >= 0.3 is 6.09 Å². The van der Waals surface area contributed by atoms with Gasteiger partial charge in [0, 0.05) is 28.3 Å². The Labute approximate surface area is 228 Å². The molecule has 1 aliphatic heterocycles. The highest BCUT2D eigenvalue weighted by molar-refractivity contribution is 9.10. The van der Waals surface area contributed by atoms with Gasteiger partial charge in [-0.2, -0.15) is 0 Å². The number of piperidine rings is 1. The molecule has 3 aromatic rings. The minimum atomic E-state index is -0.761. The van der Waals surface area contributed by atoms with Crippen molar-refractivity contribution in [1.82, 2.24) is 19.5 Å². The Morgan fingerprint density at radius 3 is 2.47 bits per heavy atom. The summed E-state index contributed by atoms with van der Waals surface area (Å²) in [6.07, 6.45) is 3.38. The van der Waals surface area contributed by atoms with E-state index in [2.05, 4.69) is 31.2 Å². The topological polar surface area (TPSA) is 158 Å². The number of carbonyl (C=O) groups is 3. The molecule has 1 saturated heterocycles. The number of likely N-dealkylation sites (tertiary alicyclic amines) is 1. The lowest BCUT2D eigenvalue weighted by molar-refractivity contribution is 0.00821. The van der Waals surface area contributed by atoms with Gasteiger partial charge in [0.1, 0.15) is 17.1 Å². The van der Waals surface area contributed by atoms with Crippen LogP contribution in [0.1, 0.15) is 72.7 Å². The molecule has 1 unspecified atom stereocenters. The highest BCUT2D eigenvalue weighted by atomic mass is 79.9. The van der Waals surface area contributed by atoms with Crippen LogP contribution in [0.15, 0.2) is 47.1 Å². The summed E-state index contributed by atoms with van der Waals surface area (Å²) in [7, 11) is 0. The molecule has 0 saturated carbocycles. The van der Waals surface area contributed by atoms with Crippen LogP contribution in [-0.2, 0) is 4.74 Å². The van der Waals surface area contributed by atoms with Gasteiger partial charge in [-0.15, -0.1) is 0 Å². The monoisotopic (exact) mass is 583 g/mol. The average Bonchev–Trinajstić information content (AvgIpc) is 3.20. The molecule has 5 N–H and O–H groups in total. The summed E-state index contributed by atoms with van der Waals surface area (Å²) in [6, 6.07) is 9.49. The summed E-state index contributed by atoms with van der Waals surface area (Å²) < 4.78 is 7.54. The number of amides is 3. The van der Waals surface area contributed by atoms with E-state index in [1.807, 2.05) is 0 Å². The zero-order valence-corrected chi connectivity index (χ0v) is 23.0. The van der Waals surface area contributed by atoms with Crippen molar-refractivity contribution < 1.29 is 19.1 Å². The lowest BCUT2D eigenvalue weighted by Gasteiger charge is -2.36. The Balaban J connectivity index is 1.64. The zero-order valence-electron chi connectivity index (χ0n) is 21.4. The van der Waals surface area contributed by atoms with Crippen LogP contribution >= 0.6 is 15.9 Å². The number of ether oxygens (including phenoxy) is 1. The molecule has 3 heterocycles. The molecule has 38 heavy (non-hydrogen) atoms. The van der Waals surface area contributed by atoms with Crippen molar-refractivity contribution in [2.45, 2.75) is 51.7 Å². The fourth-order valence-electron chi connectivity index (χ4n) is 4.30. The fourth-order valence-corrected chi connectivity index (χ4v) is 4.64. The van der Waals surface area contributed by atoms with Crippen LogP contribution in [0.5, 0.6) is 0 Å². The lowest BCUT2D eigenvalue weighted by atomic mass is 10.0. The van der Waals surface area contributed by atoms with E-state index in [0.717, 1.165) is 22.0 Å². The maximum absolute atomic E-state index is 12.9. The molecule has 200 valence electrons. The largest absolute Gasteiger partial charge is 0.444 e. The number of rotatable bonds is 5. The first-order valence-electron chi connectivity index (χ1n) is 12.1. The van der Waals surface area contributed by atoms with Crippen LogP contribution in [0.3, 0.4) is 0 Å². The SMILES string of the molecule is CC(C)(C)OC(=O)N1CCCCC1c1nc(-c2ccc(C(=O)Nc3cc(Br)ccn3)cc2)c(C(N)=O)n1N. The Morgan fingerprint density at radius 2 is 1.84 bits per heavy atom. The minimum absolute atomic E-state index is 0.00486. The Kier molecular flexibility index (Phi) is 7.72. The van der Waals surface area contributed by atoms with Gasteiger partial charge in [0.2, 0.25) is 0 Å². The van der Waals surface area contributed by atoms with Gasteiger partial charge in [-0.25, -0.2) is 19.4 Å². The highest BCUT2D eigenvalue weighted by Gasteiger charge is 2.36. The molecule has 4 rings (SSSR count). The van der Waals surface area contributed by atoms with E-state index in [-0.39, 0.29) is 17.3 Å². The molecule has 0 aliphatic carbocycles. The Morgan fingerprint density at radius 1 is 1.13 bits per heavy atom. The minimum Gasteiger partial charge on any atom is -0.444 e. The van der Waals surface area contributed by atoms with E-state index in [9.17, 15) is 14.4 Å². The summed E-state index contributed by atoms with van der Waals surface area (Å²) in [5.74, 6) is 5.96. The quantitative estimate of drug-likeness (QED) is 0.379. The number of nitrogens with zero attached hydrogens (tertiary/aromatic N) is 4. The maximum Gasteiger partial charge on any atom is 0.410 e. The van der Waals surface area contributed by atoms with Crippen molar-refractivity contribution >= 4 is 39.7 Å². The van der Waals surface area contributed by atoms with Crippen molar-refractivity contribution in [1.29, 1.82) is 0 Å². The number of hydrogen-bond acceptors (Lipinski definition) is 7. The summed E-state index contributed by atoms with van der Waals surface area (Å²) in [5.41, 5.74) is 6.22. The van der Waals surface area contributed by atoms with E-state index in [0.29, 0.717) is 35.7 Å². The standard InChI is InChI=1S/C26H30BrN7O4/c1-26(2,3)38-25(37)33-13-5-4-6-18(33)23-32-20(21(22(28)35)34(23)29)15-7-9-16(10-8-15)24(36)31-19-14-17(27)11-12-30-19/h7-12,14,18H,4-6,13,29H2,1-3H3,(H2,28,35)(H,30,31,36). The lowest BCUT2D eigenvalue weighted by Crippen LogP contribution is -2.43. The first-order valence-corrected chi connectivity index (χ1v) is 12.9. The molecule has 1 atom stereocenters. The van der Waals surface area contributed by atoms with E-state index in [1.165, 1.54) is 0 Å². The number of primary amides is 1. The summed E-state index contributed by atoms with van der Waals surface area (Å²) >= 11 is 3.35. The zero-order chi connectivity index (χ0) is 27.6. The second kappa shape index (κ2) is 10.8. The summed E-state index contributed by atoms with van der Waals surface area (Å²) in [4.78, 5) is 48.4. The number of imidazole rings is 1. The third-order valence-corrected chi connectivity index (χ3v) is 6.48. The second-order valence-electron chi connectivity index (χ2n) is 9.98. The van der Waals surface area contributed by atoms with Crippen molar-refractivity contribution in [2.75, 3.05) is 17.7 Å². The van der Waals surface area contributed by atoms with Crippen molar-refractivity contribution in [2.24, 2.45) is 5.73 Å². The van der Waals surface area contributed by atoms with Crippen molar-refractivity contribution in [3.05, 3.63) is 64.1 Å². The van der Waals surface area contributed by atoms with Crippen LogP contribution in [0.4, 0.5) is 10.6 Å². The molecule has 1 fully saturated rings. The number of hydrogen-bond donors (Lipinski definition) is 3. The fraction of sp³-hybridized carbons (Fsp3) is 0.346. The number of aromatic nitrogens is 3. The van der Waals surface area contributed by atoms with Gasteiger partial charge < -0.3 is 21.6 Å². The number of pyridine rings is 1. The molecule has 12 heteroatoms. The van der Waals surface area contributed by atoms with E-state index in [1.54, 1.807) is 68.3 Å². The highest BCUT2D eigenvalue weighted by Crippen LogP contribution is 2.34. The van der Waals surface area contributed by atoms with Crippen LogP contribution in [0, 0.1) is 0 Å². The number of benzene rings is 1. The van der Waals surface area contributed by atoms with Gasteiger partial charge in [0.05, 0.1) is 6.04 Å². The third-order valence-electron chi connectivity index (χ3n) is 5.98. The molecule has 0 radical (unpaired) electrons. The molecule has 0 spiro atoms. The van der Waals surface area contributed by atoms with Crippen molar-refractivity contribution in [3.8, 4) is 11.3 Å². The normalized spacial score (nSPS) is 15.7. The predicted octanol–water partition coefficient (Wildman–Crippen LogP) is 4.23. The van der Waals surface area contributed by atoms with Crippen molar-refractivity contribution in [3.63, 3.8) is 0 Å². The van der Waals surface area contributed by atoms with Crippen LogP contribution in [-0.4, -0.2) is 49.6 Å². The van der Waals surface area contributed by atoms with E-state index >= 15 is 0 Å². The van der Waals surface area contributed by atoms with Gasteiger partial charge in [-0.1, -0.05) is 28.1 Å². The number of carbonyl (C=O) groups excluding carboxylic acids is 3. The molecule has 0 bridgehead atoms. The summed E-state index contributed by atoms with van der Waals surface area (Å²) in [6.45, 7) is 5.88. The first kappa shape index (κ1) is 27.1. The number of halogens is 1. The molecule has 3 amide bonds. The number of nitrogen functional groups attached to an aromatic ring is 1. The van der Waals surface area contributed by atoms with Crippen LogP contribution in [0.2, 0.25) is 0 Å². The molecule has 11 nitrogen and oxygen atoms in total. The number of nitrogens with two attached hydrogens (primary N) is 2. The van der Waals surface area contributed by atoms with Gasteiger partial charge in [0.25, 0.3) is 11.8 Å². The first-order chi connectivity index (χ1) is 17.9. The smallest absolute Gasteiger partial charge is 0.410 e. The Hall–Kier alpha value is -3.93. The molecular formula is C26H30BrN7O4. The second-order valence-corrected chi connectivity index (χ2v) is 10.9. The number of nitrogens with one attached hydrogen (secondary N) is 1. The van der Waals surface area contributed by atoms with E-state index < -0.39 is 23.6 Å². The Bertz CT molecular complexity index is 1360. The van der Waals surface area contributed by atoms with Crippen LogP contribution in [0.25, 0.3) is 11.3 Å². The predicted molar refractivity (Wildman–Crippen MR) is 146 cm³/mol. The van der Waals surface area contributed by atoms with E-state index in [4.69, 9.17) is 16.3 Å². The maximum atomic E-state index is 12.9. The van der Waals surface area contributed by atoms with Gasteiger partial charge in [-0.05, 0) is 64.3 Å². The molecular weight excluding hydrogens is 554 g/mol. The molecule has 1 aliphatic rings. The average molecular weight is 584 g/mol.